The summed E-state index contributed by atoms with van der Waals surface area (Å²) in [7, 11) is -4.46. The molecule has 4 nitrogen and oxygen atoms in total. The molecule has 0 amide bonds. The quantitative estimate of drug-likeness (QED) is 0.434. The van der Waals surface area contributed by atoms with Crippen LogP contribution in [-0.2, 0) is 4.57 Å². The predicted molar refractivity (Wildman–Crippen MR) is 35.5 cm³/mol. The molecule has 56 valence electrons. The van der Waals surface area contributed by atoms with E-state index in [1.807, 2.05) is 0 Å². The molecule has 0 aliphatic carbocycles. The molecule has 0 aromatic rings. The van der Waals surface area contributed by atoms with Crippen LogP contribution < -0.4 is 5.73 Å². The normalized spacial score (nSPS) is 13.9. The Hall–Kier alpha value is 0.690. The molecule has 0 bridgehead atoms. The third kappa shape index (κ3) is 2.42. The SMILES string of the molecule is NCC(Cl)(Cl)P(=O)(O)O. The van der Waals surface area contributed by atoms with Gasteiger partial charge in [-0.2, -0.15) is 0 Å². The van der Waals surface area contributed by atoms with Gasteiger partial charge in [-0.1, -0.05) is 23.2 Å². The molecule has 0 unspecified atom stereocenters. The molecule has 9 heavy (non-hydrogen) atoms. The van der Waals surface area contributed by atoms with E-state index >= 15 is 0 Å². The van der Waals surface area contributed by atoms with Crippen LogP contribution in [0.2, 0.25) is 0 Å². The van der Waals surface area contributed by atoms with Crippen LogP contribution in [0.1, 0.15) is 0 Å². The summed E-state index contributed by atoms with van der Waals surface area (Å²) in [4.78, 5) is 16.6. The zero-order valence-corrected chi connectivity index (χ0v) is 6.70. The molecule has 0 aliphatic rings. The van der Waals surface area contributed by atoms with Crippen LogP contribution in [0.25, 0.3) is 0 Å². The van der Waals surface area contributed by atoms with Crippen molar-refractivity contribution in [2.75, 3.05) is 6.54 Å². The molecule has 0 aromatic heterocycles. The van der Waals surface area contributed by atoms with Gasteiger partial charge in [0, 0.05) is 6.54 Å². The number of rotatable bonds is 2. The fourth-order valence-corrected chi connectivity index (χ4v) is 0.357. The maximum absolute atomic E-state index is 10.2. The predicted octanol–water partition coefficient (Wildman–Crippen LogP) is 0.254. The average molecular weight is 194 g/mol. The lowest BCUT2D eigenvalue weighted by molar-refractivity contribution is 0.364. The fraction of sp³-hybridized carbons (Fsp3) is 1.00. The Morgan fingerprint density at radius 1 is 1.56 bits per heavy atom. The Kier molecular flexibility index (Phi) is 2.95. The van der Waals surface area contributed by atoms with E-state index < -0.39 is 18.2 Å². The first kappa shape index (κ1) is 9.69. The van der Waals surface area contributed by atoms with Crippen molar-refractivity contribution in [1.29, 1.82) is 0 Å². The minimum atomic E-state index is -4.46. The van der Waals surface area contributed by atoms with Gasteiger partial charge in [0.1, 0.15) is 0 Å². The highest BCUT2D eigenvalue weighted by atomic mass is 35.5. The summed E-state index contributed by atoms with van der Waals surface area (Å²) in [6.45, 7) is -0.472. The third-order valence-corrected chi connectivity index (χ3v) is 3.34. The first-order chi connectivity index (χ1) is 3.81. The lowest BCUT2D eigenvalue weighted by Crippen LogP contribution is -2.24. The number of alkyl halides is 2. The number of nitrogens with two attached hydrogens (primary N) is 1. The van der Waals surface area contributed by atoms with Gasteiger partial charge in [-0.3, -0.25) is 4.57 Å². The van der Waals surface area contributed by atoms with E-state index in [4.69, 9.17) is 38.7 Å². The van der Waals surface area contributed by atoms with E-state index in [1.165, 1.54) is 0 Å². The Morgan fingerprint density at radius 3 is 1.89 bits per heavy atom. The minimum Gasteiger partial charge on any atom is -0.327 e. The van der Waals surface area contributed by atoms with Gasteiger partial charge in [0.15, 0.2) is 0 Å². The van der Waals surface area contributed by atoms with Crippen LogP contribution in [0.3, 0.4) is 0 Å². The van der Waals surface area contributed by atoms with Gasteiger partial charge in [-0.15, -0.1) is 0 Å². The van der Waals surface area contributed by atoms with Crippen molar-refractivity contribution in [3.63, 3.8) is 0 Å². The third-order valence-electron chi connectivity index (χ3n) is 0.672. The largest absolute Gasteiger partial charge is 0.362 e. The van der Waals surface area contributed by atoms with Crippen LogP contribution in [0.4, 0.5) is 0 Å². The molecule has 0 aliphatic heterocycles. The van der Waals surface area contributed by atoms with E-state index in [-0.39, 0.29) is 0 Å². The second-order valence-corrected chi connectivity index (χ2v) is 5.28. The lowest BCUT2D eigenvalue weighted by atomic mass is 10.8. The van der Waals surface area contributed by atoms with E-state index in [0.29, 0.717) is 0 Å². The highest BCUT2D eigenvalue weighted by Gasteiger charge is 2.42. The molecule has 0 radical (unpaired) electrons. The summed E-state index contributed by atoms with van der Waals surface area (Å²) in [5.41, 5.74) is 4.84. The topological polar surface area (TPSA) is 83.6 Å². The monoisotopic (exact) mass is 193 g/mol. The molecule has 0 aromatic carbocycles. The maximum atomic E-state index is 10.2. The van der Waals surface area contributed by atoms with E-state index in [0.717, 1.165) is 0 Å². The molecule has 4 N–H and O–H groups in total. The fourth-order valence-electron chi connectivity index (χ4n) is 0.119. The number of hydrogen-bond donors (Lipinski definition) is 3. The van der Waals surface area contributed by atoms with Gasteiger partial charge < -0.3 is 15.5 Å². The van der Waals surface area contributed by atoms with Crippen LogP contribution in [-0.4, -0.2) is 20.4 Å². The zero-order chi connectivity index (χ0) is 7.71. The smallest absolute Gasteiger partial charge is 0.327 e. The Bertz CT molecular complexity index is 143. The van der Waals surface area contributed by atoms with Crippen molar-refractivity contribution in [2.45, 2.75) is 4.07 Å². The summed E-state index contributed by atoms with van der Waals surface area (Å²) >= 11 is 10.1. The van der Waals surface area contributed by atoms with Gasteiger partial charge in [0.2, 0.25) is 4.07 Å². The van der Waals surface area contributed by atoms with Crippen LogP contribution in [0, 0.1) is 0 Å². The molecule has 7 heteroatoms. The van der Waals surface area contributed by atoms with Crippen molar-refractivity contribution in [3.05, 3.63) is 0 Å². The van der Waals surface area contributed by atoms with Crippen molar-refractivity contribution in [1.82, 2.24) is 0 Å². The minimum absolute atomic E-state index is 0.472. The summed E-state index contributed by atoms with van der Waals surface area (Å²) in [5, 5.41) is 0. The van der Waals surface area contributed by atoms with Gasteiger partial charge in [-0.25, -0.2) is 0 Å². The first-order valence-corrected chi connectivity index (χ1v) is 4.31. The highest BCUT2D eigenvalue weighted by molar-refractivity contribution is 7.58. The van der Waals surface area contributed by atoms with Crippen LogP contribution >= 0.6 is 30.8 Å². The van der Waals surface area contributed by atoms with Gasteiger partial charge in [0.25, 0.3) is 0 Å². The molecule has 0 saturated carbocycles. The molecule has 0 spiro atoms. The first-order valence-electron chi connectivity index (χ1n) is 1.95. The van der Waals surface area contributed by atoms with Gasteiger partial charge in [-0.05, 0) is 0 Å². The molecule has 0 rings (SSSR count). The molecular weight excluding hydrogens is 188 g/mol. The van der Waals surface area contributed by atoms with Gasteiger partial charge >= 0.3 is 7.60 Å². The Balaban J connectivity index is 4.34. The molecular formula is C2H6Cl2NO3P. The van der Waals surface area contributed by atoms with E-state index in [1.54, 1.807) is 0 Å². The van der Waals surface area contributed by atoms with Crippen molar-refractivity contribution < 1.29 is 14.4 Å². The molecule has 0 atom stereocenters. The van der Waals surface area contributed by atoms with Gasteiger partial charge in [0.05, 0.1) is 0 Å². The molecule has 0 heterocycles. The molecule has 0 fully saturated rings. The van der Waals surface area contributed by atoms with Crippen molar-refractivity contribution >= 4 is 30.8 Å². The average Bonchev–Trinajstić information content (AvgIpc) is 1.64. The summed E-state index contributed by atoms with van der Waals surface area (Å²) in [5.74, 6) is 0. The second kappa shape index (κ2) is 2.74. The maximum Gasteiger partial charge on any atom is 0.362 e. The molecule has 0 saturated heterocycles. The zero-order valence-electron chi connectivity index (χ0n) is 4.29. The van der Waals surface area contributed by atoms with E-state index in [9.17, 15) is 4.57 Å². The highest BCUT2D eigenvalue weighted by Crippen LogP contribution is 2.55. The summed E-state index contributed by atoms with van der Waals surface area (Å²) in [6, 6.07) is 0. The van der Waals surface area contributed by atoms with Crippen LogP contribution in [0.5, 0.6) is 0 Å². The van der Waals surface area contributed by atoms with Crippen LogP contribution in [0.15, 0.2) is 0 Å². The summed E-state index contributed by atoms with van der Waals surface area (Å²) < 4.78 is 8.10. The van der Waals surface area contributed by atoms with Crippen molar-refractivity contribution in [2.24, 2.45) is 5.73 Å². The summed E-state index contributed by atoms with van der Waals surface area (Å²) in [6.07, 6.45) is 0. The Morgan fingerprint density at radius 2 is 1.89 bits per heavy atom. The standard InChI is InChI=1S/C2H6Cl2NO3P/c3-2(4,1-5)9(6,7)8/h1,5H2,(H2,6,7,8). The lowest BCUT2D eigenvalue weighted by Gasteiger charge is -2.17. The number of hydrogen-bond acceptors (Lipinski definition) is 2. The Labute approximate surface area is 62.1 Å². The van der Waals surface area contributed by atoms with E-state index in [2.05, 4.69) is 0 Å². The second-order valence-electron chi connectivity index (χ2n) is 1.41. The number of halogens is 2. The van der Waals surface area contributed by atoms with Crippen molar-refractivity contribution in [3.8, 4) is 0 Å².